The smallest absolute Gasteiger partial charge is 0.282 e. The Morgan fingerprint density at radius 2 is 1.94 bits per heavy atom. The third-order valence-corrected chi connectivity index (χ3v) is 4.74. The van der Waals surface area contributed by atoms with Crippen LogP contribution in [0.2, 0.25) is 0 Å². The van der Waals surface area contributed by atoms with E-state index in [1.54, 1.807) is 0 Å². The van der Waals surface area contributed by atoms with Crippen LogP contribution >= 0.6 is 0 Å². The molecule has 102 valence electrons. The number of nitrogens with two attached hydrogens (primary N) is 1. The maximum Gasteiger partial charge on any atom is 0.282 e. The molecule has 7 heteroatoms. The van der Waals surface area contributed by atoms with Gasteiger partial charge in [0.25, 0.3) is 10.2 Å². The minimum atomic E-state index is -3.33. The van der Waals surface area contributed by atoms with Crippen LogP contribution in [0.3, 0.4) is 0 Å². The molecule has 0 aromatic carbocycles. The zero-order chi connectivity index (χ0) is 12.7. The normalized spacial score (nSPS) is 18.8. The molecule has 17 heavy (non-hydrogen) atoms. The highest BCUT2D eigenvalue weighted by Crippen LogP contribution is 2.12. The Kier molecular flexibility index (Phi) is 6.35. The molecule has 1 aliphatic heterocycles. The fraction of sp³-hybridized carbons (Fsp3) is 1.00. The number of nitrogens with zero attached hydrogens (tertiary/aromatic N) is 2. The number of hydrogen-bond acceptors (Lipinski definition) is 4. The average Bonchev–Trinajstić information content (AvgIpc) is 2.35. The highest BCUT2D eigenvalue weighted by molar-refractivity contribution is 7.86. The second-order valence-electron chi connectivity index (χ2n) is 4.06. The van der Waals surface area contributed by atoms with Crippen molar-refractivity contribution < 1.29 is 13.2 Å². The Bertz CT molecular complexity index is 302. The van der Waals surface area contributed by atoms with Crippen molar-refractivity contribution in [3.63, 3.8) is 0 Å². The third kappa shape index (κ3) is 4.18. The molecule has 1 heterocycles. The molecule has 0 aliphatic carbocycles. The maximum atomic E-state index is 12.3. The van der Waals surface area contributed by atoms with Gasteiger partial charge in [0.15, 0.2) is 0 Å². The van der Waals surface area contributed by atoms with Crippen LogP contribution in [-0.4, -0.2) is 63.0 Å². The van der Waals surface area contributed by atoms with Crippen molar-refractivity contribution >= 4 is 10.2 Å². The van der Waals surface area contributed by atoms with Crippen molar-refractivity contribution in [1.82, 2.24) is 8.61 Å². The average molecular weight is 265 g/mol. The van der Waals surface area contributed by atoms with Gasteiger partial charge in [0.05, 0.1) is 13.2 Å². The van der Waals surface area contributed by atoms with E-state index in [1.165, 1.54) is 8.61 Å². The van der Waals surface area contributed by atoms with Gasteiger partial charge in [-0.1, -0.05) is 6.92 Å². The van der Waals surface area contributed by atoms with Gasteiger partial charge in [0.1, 0.15) is 0 Å². The minimum absolute atomic E-state index is 0.450. The van der Waals surface area contributed by atoms with Crippen LogP contribution in [0.5, 0.6) is 0 Å². The quantitative estimate of drug-likeness (QED) is 0.681. The fourth-order valence-electron chi connectivity index (χ4n) is 1.80. The van der Waals surface area contributed by atoms with Crippen molar-refractivity contribution in [2.24, 2.45) is 5.73 Å². The molecule has 0 amide bonds. The van der Waals surface area contributed by atoms with Gasteiger partial charge in [-0.15, -0.1) is 0 Å². The molecule has 0 atom stereocenters. The highest BCUT2D eigenvalue weighted by Gasteiger charge is 2.29. The Morgan fingerprint density at radius 3 is 2.47 bits per heavy atom. The summed E-state index contributed by atoms with van der Waals surface area (Å²) in [4.78, 5) is 0. The van der Waals surface area contributed by atoms with Crippen molar-refractivity contribution in [1.29, 1.82) is 0 Å². The van der Waals surface area contributed by atoms with Crippen LogP contribution in [0.1, 0.15) is 19.8 Å². The third-order valence-electron chi connectivity index (χ3n) is 2.71. The zero-order valence-corrected chi connectivity index (χ0v) is 11.3. The number of ether oxygens (including phenoxy) is 1. The molecule has 1 saturated heterocycles. The Balaban J connectivity index is 2.67. The predicted molar refractivity (Wildman–Crippen MR) is 66.8 cm³/mol. The van der Waals surface area contributed by atoms with E-state index in [4.69, 9.17) is 10.5 Å². The zero-order valence-electron chi connectivity index (χ0n) is 10.5. The summed E-state index contributed by atoms with van der Waals surface area (Å²) in [6.07, 6.45) is 1.51. The SMILES string of the molecule is CCCN(CCCN)S(=O)(=O)N1CCOCC1. The summed E-state index contributed by atoms with van der Waals surface area (Å²) in [6.45, 7) is 5.41. The van der Waals surface area contributed by atoms with E-state index in [0.29, 0.717) is 52.4 Å². The molecule has 0 unspecified atom stereocenters. The van der Waals surface area contributed by atoms with E-state index in [2.05, 4.69) is 0 Å². The molecule has 0 bridgehead atoms. The first kappa shape index (κ1) is 14.8. The van der Waals surface area contributed by atoms with Crippen molar-refractivity contribution in [3.8, 4) is 0 Å². The first-order valence-corrected chi connectivity index (χ1v) is 7.55. The van der Waals surface area contributed by atoms with Gasteiger partial charge in [-0.25, -0.2) is 0 Å². The van der Waals surface area contributed by atoms with E-state index in [9.17, 15) is 8.42 Å². The Hall–Kier alpha value is -0.210. The van der Waals surface area contributed by atoms with Gasteiger partial charge in [0, 0.05) is 26.2 Å². The summed E-state index contributed by atoms with van der Waals surface area (Å²) in [5.41, 5.74) is 5.44. The van der Waals surface area contributed by atoms with E-state index < -0.39 is 10.2 Å². The van der Waals surface area contributed by atoms with Crippen molar-refractivity contribution in [3.05, 3.63) is 0 Å². The van der Waals surface area contributed by atoms with Gasteiger partial charge >= 0.3 is 0 Å². The molecule has 6 nitrogen and oxygen atoms in total. The molecular formula is C10H23N3O3S. The van der Waals surface area contributed by atoms with E-state index >= 15 is 0 Å². The second-order valence-corrected chi connectivity index (χ2v) is 5.99. The number of rotatable bonds is 7. The van der Waals surface area contributed by atoms with Crippen LogP contribution in [0.15, 0.2) is 0 Å². The predicted octanol–water partition coefficient (Wildman–Crippen LogP) is -0.376. The summed E-state index contributed by atoms with van der Waals surface area (Å²) < 4.78 is 32.9. The van der Waals surface area contributed by atoms with Gasteiger partial charge in [-0.3, -0.25) is 0 Å². The summed E-state index contributed by atoms with van der Waals surface area (Å²) in [5.74, 6) is 0. The molecule has 0 aromatic heterocycles. The summed E-state index contributed by atoms with van der Waals surface area (Å²) >= 11 is 0. The topological polar surface area (TPSA) is 75.9 Å². The van der Waals surface area contributed by atoms with E-state index in [-0.39, 0.29) is 0 Å². The first-order chi connectivity index (χ1) is 8.12. The summed E-state index contributed by atoms with van der Waals surface area (Å²) in [6, 6.07) is 0. The van der Waals surface area contributed by atoms with Crippen LogP contribution in [0.4, 0.5) is 0 Å². The van der Waals surface area contributed by atoms with Crippen LogP contribution in [0, 0.1) is 0 Å². The first-order valence-electron chi connectivity index (χ1n) is 6.16. The fourth-order valence-corrected chi connectivity index (χ4v) is 3.51. The molecular weight excluding hydrogens is 242 g/mol. The lowest BCUT2D eigenvalue weighted by atomic mass is 10.4. The Labute approximate surface area is 104 Å². The monoisotopic (exact) mass is 265 g/mol. The van der Waals surface area contributed by atoms with Crippen LogP contribution < -0.4 is 5.73 Å². The van der Waals surface area contributed by atoms with Crippen LogP contribution in [-0.2, 0) is 14.9 Å². The second kappa shape index (κ2) is 7.27. The minimum Gasteiger partial charge on any atom is -0.379 e. The molecule has 1 rings (SSSR count). The van der Waals surface area contributed by atoms with Gasteiger partial charge in [-0.05, 0) is 19.4 Å². The molecule has 0 spiro atoms. The number of hydrogen-bond donors (Lipinski definition) is 1. The Morgan fingerprint density at radius 1 is 1.29 bits per heavy atom. The molecule has 0 radical (unpaired) electrons. The van der Waals surface area contributed by atoms with Crippen molar-refractivity contribution in [2.45, 2.75) is 19.8 Å². The molecule has 1 aliphatic rings. The lowest BCUT2D eigenvalue weighted by Gasteiger charge is -2.31. The number of morpholine rings is 1. The van der Waals surface area contributed by atoms with Gasteiger partial charge < -0.3 is 10.5 Å². The van der Waals surface area contributed by atoms with Gasteiger partial charge in [0.2, 0.25) is 0 Å². The van der Waals surface area contributed by atoms with Crippen molar-refractivity contribution in [2.75, 3.05) is 45.9 Å². The maximum absolute atomic E-state index is 12.3. The van der Waals surface area contributed by atoms with Crippen LogP contribution in [0.25, 0.3) is 0 Å². The highest BCUT2D eigenvalue weighted by atomic mass is 32.2. The lowest BCUT2D eigenvalue weighted by molar-refractivity contribution is 0.0701. The largest absolute Gasteiger partial charge is 0.379 e. The van der Waals surface area contributed by atoms with E-state index in [0.717, 1.165) is 6.42 Å². The molecule has 0 saturated carbocycles. The standard InChI is InChI=1S/C10H23N3O3S/c1-2-5-12(6-3-4-11)17(14,15)13-7-9-16-10-8-13/h2-11H2,1H3. The summed E-state index contributed by atoms with van der Waals surface area (Å²) in [7, 11) is -3.33. The van der Waals surface area contributed by atoms with Gasteiger partial charge in [-0.2, -0.15) is 17.0 Å². The molecule has 0 aromatic rings. The molecule has 2 N–H and O–H groups in total. The molecule has 1 fully saturated rings. The lowest BCUT2D eigenvalue weighted by Crippen LogP contribution is -2.49. The summed E-state index contributed by atoms with van der Waals surface area (Å²) in [5, 5.41) is 0. The van der Waals surface area contributed by atoms with E-state index in [1.807, 2.05) is 6.92 Å².